The Labute approximate surface area is 629 Å². The molecule has 0 fully saturated rings. The summed E-state index contributed by atoms with van der Waals surface area (Å²) in [6.07, 6.45) is 88.1. The molecule has 5 atom stereocenters. The van der Waals surface area contributed by atoms with Crippen molar-refractivity contribution in [2.24, 2.45) is 0 Å². The predicted octanol–water partition coefficient (Wildman–Crippen LogP) is 23.2. The highest BCUT2D eigenvalue weighted by atomic mass is 31.2. The van der Waals surface area contributed by atoms with Crippen LogP contribution in [0.3, 0.4) is 0 Å². The maximum atomic E-state index is 13.1. The maximum absolute atomic E-state index is 13.1. The van der Waals surface area contributed by atoms with Crippen molar-refractivity contribution in [3.63, 3.8) is 0 Å². The fraction of sp³-hybridized carbons (Fsp3) is 0.647. The van der Waals surface area contributed by atoms with Crippen molar-refractivity contribution >= 4 is 39.5 Å². The summed E-state index contributed by atoms with van der Waals surface area (Å²) in [4.78, 5) is 72.9. The molecule has 0 aromatic carbocycles. The Morgan fingerprint density at radius 1 is 0.279 bits per heavy atom. The summed E-state index contributed by atoms with van der Waals surface area (Å²) in [6.45, 7) is 4.40. The van der Waals surface area contributed by atoms with Crippen LogP contribution in [0.1, 0.15) is 297 Å². The van der Waals surface area contributed by atoms with Gasteiger partial charge in [-0.3, -0.25) is 37.3 Å². The van der Waals surface area contributed by atoms with Gasteiger partial charge in [0.25, 0.3) is 0 Å². The quantitative estimate of drug-likeness (QED) is 0.0169. The zero-order valence-corrected chi connectivity index (χ0v) is 66.4. The number of unbranched alkanes of at least 4 members (excludes halogenated alkanes) is 21. The monoisotopic (exact) mass is 1490 g/mol. The van der Waals surface area contributed by atoms with Crippen molar-refractivity contribution in [3.05, 3.63) is 158 Å². The Hall–Kier alpha value is -5.32. The van der Waals surface area contributed by atoms with E-state index in [9.17, 15) is 43.2 Å². The first kappa shape index (κ1) is 98.7. The van der Waals surface area contributed by atoms with Gasteiger partial charge in [-0.1, -0.05) is 295 Å². The number of hydrogen-bond acceptors (Lipinski definition) is 15. The lowest BCUT2D eigenvalue weighted by molar-refractivity contribution is -0.161. The van der Waals surface area contributed by atoms with Crippen molar-refractivity contribution in [1.29, 1.82) is 0 Å². The summed E-state index contributed by atoms with van der Waals surface area (Å²) in [7, 11) is -9.99. The Kier molecular flexibility index (Phi) is 72.0. The number of ether oxygens (including phenoxy) is 4. The van der Waals surface area contributed by atoms with Crippen molar-refractivity contribution in [2.75, 3.05) is 39.6 Å². The molecule has 0 saturated carbocycles. The fourth-order valence-electron chi connectivity index (χ4n) is 10.1. The number of hydrogen-bond donors (Lipinski definition) is 3. The fourth-order valence-corrected chi connectivity index (χ4v) is 11.7. The van der Waals surface area contributed by atoms with Gasteiger partial charge in [-0.05, 0) is 135 Å². The highest BCUT2D eigenvalue weighted by molar-refractivity contribution is 7.47. The lowest BCUT2D eigenvalue weighted by Crippen LogP contribution is -2.30. The number of carbonyl (C=O) groups excluding carboxylic acids is 4. The van der Waals surface area contributed by atoms with Gasteiger partial charge in [-0.25, -0.2) is 9.13 Å². The second-order valence-corrected chi connectivity index (χ2v) is 28.8. The number of aliphatic hydroxyl groups excluding tert-OH is 1. The van der Waals surface area contributed by atoms with E-state index in [0.29, 0.717) is 32.1 Å². The summed E-state index contributed by atoms with van der Waals surface area (Å²) < 4.78 is 68.5. The number of carbonyl (C=O) groups is 4. The smallest absolute Gasteiger partial charge is 0.462 e. The summed E-state index contributed by atoms with van der Waals surface area (Å²) in [5, 5.41) is 10.6. The maximum Gasteiger partial charge on any atom is 0.472 e. The highest BCUT2D eigenvalue weighted by Gasteiger charge is 2.30. The lowest BCUT2D eigenvalue weighted by atomic mass is 10.1. The van der Waals surface area contributed by atoms with E-state index in [0.717, 1.165) is 173 Å². The number of phosphoric acid groups is 2. The van der Waals surface area contributed by atoms with Gasteiger partial charge in [0.05, 0.1) is 26.4 Å². The first-order valence-electron chi connectivity index (χ1n) is 39.7. The van der Waals surface area contributed by atoms with Gasteiger partial charge in [-0.15, -0.1) is 0 Å². The second-order valence-electron chi connectivity index (χ2n) is 25.9. The van der Waals surface area contributed by atoms with E-state index in [4.69, 9.17) is 37.0 Å². The van der Waals surface area contributed by atoms with Gasteiger partial charge in [0.15, 0.2) is 12.2 Å². The molecule has 0 aliphatic carbocycles. The van der Waals surface area contributed by atoms with Gasteiger partial charge in [0, 0.05) is 25.7 Å². The van der Waals surface area contributed by atoms with Crippen LogP contribution in [0.15, 0.2) is 158 Å². The molecule has 0 aliphatic heterocycles. The minimum Gasteiger partial charge on any atom is -0.462 e. The third-order valence-corrected chi connectivity index (χ3v) is 17.9. The normalized spacial score (nSPS) is 14.7. The molecule has 19 heteroatoms. The van der Waals surface area contributed by atoms with Crippen molar-refractivity contribution in [3.8, 4) is 0 Å². The Morgan fingerprint density at radius 2 is 0.519 bits per heavy atom. The van der Waals surface area contributed by atoms with Crippen LogP contribution in [0.25, 0.3) is 0 Å². The molecule has 0 bridgehead atoms. The van der Waals surface area contributed by atoms with Crippen LogP contribution < -0.4 is 0 Å². The summed E-state index contributed by atoms with van der Waals surface area (Å²) in [5.41, 5.74) is 0. The third kappa shape index (κ3) is 74.9. The lowest BCUT2D eigenvalue weighted by Gasteiger charge is -2.21. The summed E-state index contributed by atoms with van der Waals surface area (Å²) >= 11 is 0. The van der Waals surface area contributed by atoms with Gasteiger partial charge >= 0.3 is 39.5 Å². The standard InChI is InChI=1S/C85H140O17P2/c1-5-9-13-17-21-25-29-32-35-37-39-41-44-46-50-53-57-61-65-69-82(87)95-75-80(101-84(89)71-67-63-59-55-49-28-24-20-16-12-8-4)77-99-103(91,92)97-73-79(86)74-98-104(93,94)100-78-81(102-85(90)72-68-64-60-56-52-48-43-34-31-27-23-19-15-11-7-3)76-96-83(88)70-66-62-58-54-51-47-45-42-40-38-36-33-30-26-22-18-14-10-6-2/h9-11,13-15,21-23,25-27,32-36,39-43,47,51,58,62,79-81,86H,5-8,12,16-20,24,28-31,37-38,44-46,48-50,52-57,59-61,63-78H2,1-4H3,(H,91,92)(H,93,94)/b13-9-,14-10-,15-11-,25-21-,26-22-,27-23-,35-32-,36-33-,41-39-,42-40-,43-34-,51-47-,62-58-. The van der Waals surface area contributed by atoms with Crippen LogP contribution in [0, 0.1) is 0 Å². The molecular formula is C85H140O17P2. The molecule has 5 unspecified atom stereocenters. The number of esters is 4. The molecule has 592 valence electrons. The van der Waals surface area contributed by atoms with Crippen molar-refractivity contribution in [2.45, 2.75) is 316 Å². The van der Waals surface area contributed by atoms with Crippen LogP contribution in [0.5, 0.6) is 0 Å². The minimum absolute atomic E-state index is 0.0277. The average molecular weight is 1500 g/mol. The molecule has 0 spiro atoms. The number of rotatable bonds is 73. The highest BCUT2D eigenvalue weighted by Crippen LogP contribution is 2.45. The molecule has 0 aromatic rings. The first-order valence-corrected chi connectivity index (χ1v) is 42.7. The zero-order chi connectivity index (χ0) is 76.0. The Morgan fingerprint density at radius 3 is 0.827 bits per heavy atom. The van der Waals surface area contributed by atoms with Gasteiger partial charge in [0.2, 0.25) is 0 Å². The number of phosphoric ester groups is 2. The second kappa shape index (κ2) is 75.9. The van der Waals surface area contributed by atoms with E-state index in [1.54, 1.807) is 0 Å². The topological polar surface area (TPSA) is 237 Å². The largest absolute Gasteiger partial charge is 0.472 e. The van der Waals surface area contributed by atoms with Gasteiger partial charge < -0.3 is 33.8 Å². The van der Waals surface area contributed by atoms with E-state index in [1.165, 1.54) is 38.5 Å². The third-order valence-electron chi connectivity index (χ3n) is 16.0. The molecule has 0 rings (SSSR count). The van der Waals surface area contributed by atoms with E-state index in [2.05, 4.69) is 167 Å². The molecular weight excluding hydrogens is 1350 g/mol. The SMILES string of the molecule is CC/C=C\C/C=C\C/C=C\C/C=C\C/C=C\C/C=C\CCC(=O)OCC(COP(=O)(O)OCC(O)COP(=O)(O)OCC(COC(=O)CCCCCCCC/C=C\C/C=C\C/C=C\C/C=C\CC)OC(=O)CCCCCCCCCCCCC)OC(=O)CCCCCCC/C=C\C/C=C\C/C=C\CC. The minimum atomic E-state index is -5.00. The van der Waals surface area contributed by atoms with E-state index in [1.807, 2.05) is 18.2 Å². The molecule has 0 aliphatic rings. The molecule has 0 heterocycles. The molecule has 104 heavy (non-hydrogen) atoms. The Balaban J connectivity index is 5.41. The molecule has 0 radical (unpaired) electrons. The summed E-state index contributed by atoms with van der Waals surface area (Å²) in [5.74, 6) is -2.31. The molecule has 0 saturated heterocycles. The molecule has 17 nitrogen and oxygen atoms in total. The van der Waals surface area contributed by atoms with Crippen LogP contribution in [0.2, 0.25) is 0 Å². The Bertz CT molecular complexity index is 2590. The summed E-state index contributed by atoms with van der Waals surface area (Å²) in [6, 6.07) is 0. The molecule has 3 N–H and O–H groups in total. The van der Waals surface area contributed by atoms with E-state index < -0.39 is 97.5 Å². The van der Waals surface area contributed by atoms with Crippen LogP contribution in [-0.4, -0.2) is 96.7 Å². The van der Waals surface area contributed by atoms with Crippen LogP contribution in [-0.2, 0) is 65.4 Å². The van der Waals surface area contributed by atoms with Crippen LogP contribution in [0.4, 0.5) is 0 Å². The van der Waals surface area contributed by atoms with E-state index in [-0.39, 0.29) is 25.7 Å². The van der Waals surface area contributed by atoms with Gasteiger partial charge in [-0.2, -0.15) is 0 Å². The molecule has 0 amide bonds. The van der Waals surface area contributed by atoms with Gasteiger partial charge in [0.1, 0.15) is 19.3 Å². The predicted molar refractivity (Wildman–Crippen MR) is 427 cm³/mol. The first-order chi connectivity index (χ1) is 50.7. The van der Waals surface area contributed by atoms with Crippen molar-refractivity contribution in [1.82, 2.24) is 0 Å². The van der Waals surface area contributed by atoms with E-state index >= 15 is 0 Å². The number of aliphatic hydroxyl groups is 1. The van der Waals surface area contributed by atoms with Crippen LogP contribution >= 0.6 is 15.6 Å². The zero-order valence-electron chi connectivity index (χ0n) is 64.6. The van der Waals surface area contributed by atoms with Crippen molar-refractivity contribution < 1.29 is 80.2 Å². The average Bonchev–Trinajstić information content (AvgIpc) is 0.929. The number of allylic oxidation sites excluding steroid dienone is 26. The molecule has 0 aromatic heterocycles.